The second kappa shape index (κ2) is 9.33. The highest BCUT2D eigenvalue weighted by molar-refractivity contribution is 6.51. The fraction of sp³-hybridized carbons (Fsp3) is 0.214. The molecule has 1 atom stereocenters. The number of Topliss-reactive ketones (excluding diaryl/α,β-unsaturated/α-hetero) is 1. The summed E-state index contributed by atoms with van der Waals surface area (Å²) in [6.45, 7) is 6.66. The molecule has 0 aromatic heterocycles. The van der Waals surface area contributed by atoms with Crippen LogP contribution in [-0.4, -0.2) is 23.4 Å². The van der Waals surface area contributed by atoms with Crippen LogP contribution in [0.4, 0.5) is 5.69 Å². The van der Waals surface area contributed by atoms with Crippen LogP contribution in [0.1, 0.15) is 36.6 Å². The van der Waals surface area contributed by atoms with Gasteiger partial charge >= 0.3 is 0 Å². The van der Waals surface area contributed by atoms with E-state index < -0.39 is 17.7 Å². The Bertz CT molecular complexity index is 1200. The minimum absolute atomic E-state index is 0.0839. The van der Waals surface area contributed by atoms with Crippen LogP contribution in [0.25, 0.3) is 5.76 Å². The SMILES string of the molecule is Cc1ccccc1C1/C(=C(/O)c2ccccc2)C(=O)C(=O)N1c1ccc(OCC(C)C)cc1. The van der Waals surface area contributed by atoms with Gasteiger partial charge in [-0.25, -0.2) is 0 Å². The number of benzene rings is 3. The van der Waals surface area contributed by atoms with Crippen molar-refractivity contribution < 1.29 is 19.4 Å². The molecule has 0 radical (unpaired) electrons. The number of ether oxygens (including phenoxy) is 1. The van der Waals surface area contributed by atoms with E-state index >= 15 is 0 Å². The Morgan fingerprint density at radius 2 is 1.58 bits per heavy atom. The first-order chi connectivity index (χ1) is 15.9. The number of anilines is 1. The molecule has 1 fully saturated rings. The maximum atomic E-state index is 13.2. The van der Waals surface area contributed by atoms with Gasteiger partial charge in [0.1, 0.15) is 11.5 Å². The minimum Gasteiger partial charge on any atom is -0.507 e. The number of carbonyl (C=O) groups is 2. The number of ketones is 1. The van der Waals surface area contributed by atoms with Crippen LogP contribution in [-0.2, 0) is 9.59 Å². The van der Waals surface area contributed by atoms with Gasteiger partial charge in [-0.1, -0.05) is 68.4 Å². The van der Waals surface area contributed by atoms with Gasteiger partial charge in [0.25, 0.3) is 11.7 Å². The number of aliphatic hydroxyl groups is 1. The number of hydrogen-bond donors (Lipinski definition) is 1. The van der Waals surface area contributed by atoms with Crippen molar-refractivity contribution in [1.29, 1.82) is 0 Å². The topological polar surface area (TPSA) is 66.8 Å². The van der Waals surface area contributed by atoms with Crippen molar-refractivity contribution in [2.75, 3.05) is 11.5 Å². The molecule has 3 aromatic carbocycles. The molecule has 4 rings (SSSR count). The highest BCUT2D eigenvalue weighted by Gasteiger charge is 2.47. The molecule has 0 saturated carbocycles. The lowest BCUT2D eigenvalue weighted by atomic mass is 9.92. The summed E-state index contributed by atoms with van der Waals surface area (Å²) in [7, 11) is 0. The highest BCUT2D eigenvalue weighted by atomic mass is 16.5. The van der Waals surface area contributed by atoms with E-state index in [9.17, 15) is 14.7 Å². The number of nitrogens with zero attached hydrogens (tertiary/aromatic N) is 1. The quantitative estimate of drug-likeness (QED) is 0.305. The van der Waals surface area contributed by atoms with Crippen LogP contribution in [0.15, 0.2) is 84.4 Å². The van der Waals surface area contributed by atoms with Crippen molar-refractivity contribution in [2.24, 2.45) is 5.92 Å². The summed E-state index contributed by atoms with van der Waals surface area (Å²) < 4.78 is 5.76. The maximum Gasteiger partial charge on any atom is 0.300 e. The van der Waals surface area contributed by atoms with Crippen molar-refractivity contribution in [3.63, 3.8) is 0 Å². The number of rotatable bonds is 6. The third-order valence-corrected chi connectivity index (χ3v) is 5.67. The number of aryl methyl sites for hydroxylation is 1. The van der Waals surface area contributed by atoms with Crippen molar-refractivity contribution in [3.05, 3.63) is 101 Å². The zero-order valence-electron chi connectivity index (χ0n) is 19.0. The Morgan fingerprint density at radius 1 is 0.939 bits per heavy atom. The lowest BCUT2D eigenvalue weighted by Gasteiger charge is -2.26. The molecule has 5 heteroatoms. The van der Waals surface area contributed by atoms with Gasteiger partial charge in [0.15, 0.2) is 0 Å². The molecule has 0 aliphatic carbocycles. The van der Waals surface area contributed by atoms with E-state index in [-0.39, 0.29) is 11.3 Å². The standard InChI is InChI=1S/C28H27NO4/c1-18(2)17-33-22-15-13-21(14-16-22)29-25(23-12-8-7-9-19(23)3)24(27(31)28(29)32)26(30)20-10-5-4-6-11-20/h4-16,18,25,30H,17H2,1-3H3/b26-24-. The predicted octanol–water partition coefficient (Wildman–Crippen LogP) is 5.66. The summed E-state index contributed by atoms with van der Waals surface area (Å²) in [5.74, 6) is -0.467. The average Bonchev–Trinajstić information content (AvgIpc) is 3.08. The molecular formula is C28H27NO4. The molecule has 1 N–H and O–H groups in total. The zero-order valence-corrected chi connectivity index (χ0v) is 19.0. The van der Waals surface area contributed by atoms with Gasteiger partial charge in [0.2, 0.25) is 0 Å². The van der Waals surface area contributed by atoms with E-state index in [4.69, 9.17) is 4.74 Å². The highest BCUT2D eigenvalue weighted by Crippen LogP contribution is 2.43. The molecule has 1 aliphatic heterocycles. The molecule has 168 valence electrons. The number of aliphatic hydroxyl groups excluding tert-OH is 1. The Balaban J connectivity index is 1.83. The lowest BCUT2D eigenvalue weighted by Crippen LogP contribution is -2.29. The molecule has 1 aliphatic rings. The minimum atomic E-state index is -0.742. The Kier molecular flexibility index (Phi) is 6.31. The van der Waals surface area contributed by atoms with Crippen LogP contribution in [0.3, 0.4) is 0 Å². The molecule has 0 spiro atoms. The van der Waals surface area contributed by atoms with E-state index in [1.807, 2.05) is 37.3 Å². The first kappa shape index (κ1) is 22.3. The molecule has 1 saturated heterocycles. The first-order valence-corrected chi connectivity index (χ1v) is 11.0. The molecule has 33 heavy (non-hydrogen) atoms. The van der Waals surface area contributed by atoms with Crippen molar-refractivity contribution in [2.45, 2.75) is 26.8 Å². The summed E-state index contributed by atoms with van der Waals surface area (Å²) in [6.07, 6.45) is 0. The predicted molar refractivity (Wildman–Crippen MR) is 129 cm³/mol. The lowest BCUT2D eigenvalue weighted by molar-refractivity contribution is -0.132. The van der Waals surface area contributed by atoms with Gasteiger partial charge < -0.3 is 9.84 Å². The molecule has 0 bridgehead atoms. The van der Waals surface area contributed by atoms with Crippen LogP contribution in [0, 0.1) is 12.8 Å². The summed E-state index contributed by atoms with van der Waals surface area (Å²) in [5.41, 5.74) is 2.85. The molecule has 1 unspecified atom stereocenters. The molecule has 3 aromatic rings. The second-order valence-corrected chi connectivity index (χ2v) is 8.59. The van der Waals surface area contributed by atoms with Gasteiger partial charge in [-0.15, -0.1) is 0 Å². The smallest absolute Gasteiger partial charge is 0.300 e. The number of hydrogen-bond acceptors (Lipinski definition) is 4. The summed E-state index contributed by atoms with van der Waals surface area (Å²) >= 11 is 0. The van der Waals surface area contributed by atoms with Gasteiger partial charge in [0.05, 0.1) is 18.2 Å². The Labute approximate surface area is 193 Å². The van der Waals surface area contributed by atoms with Crippen LogP contribution in [0.5, 0.6) is 5.75 Å². The fourth-order valence-electron chi connectivity index (χ4n) is 4.00. The average molecular weight is 442 g/mol. The number of carbonyl (C=O) groups excluding carboxylic acids is 2. The van der Waals surface area contributed by atoms with Gasteiger partial charge in [-0.05, 0) is 48.2 Å². The first-order valence-electron chi connectivity index (χ1n) is 11.0. The normalized spacial score (nSPS) is 17.6. The van der Waals surface area contributed by atoms with E-state index in [1.54, 1.807) is 48.5 Å². The molecular weight excluding hydrogens is 414 g/mol. The Morgan fingerprint density at radius 3 is 2.21 bits per heavy atom. The van der Waals surface area contributed by atoms with Crippen molar-refractivity contribution in [1.82, 2.24) is 0 Å². The van der Waals surface area contributed by atoms with Crippen molar-refractivity contribution in [3.8, 4) is 5.75 Å². The van der Waals surface area contributed by atoms with E-state index in [1.165, 1.54) is 4.90 Å². The van der Waals surface area contributed by atoms with E-state index in [2.05, 4.69) is 13.8 Å². The molecule has 1 amide bonds. The molecule has 5 nitrogen and oxygen atoms in total. The zero-order chi connectivity index (χ0) is 23.5. The Hall–Kier alpha value is -3.86. The summed E-state index contributed by atoms with van der Waals surface area (Å²) in [6, 6.07) is 22.8. The monoisotopic (exact) mass is 441 g/mol. The van der Waals surface area contributed by atoms with Crippen molar-refractivity contribution >= 4 is 23.1 Å². The third kappa shape index (κ3) is 4.40. The molecule has 1 heterocycles. The van der Waals surface area contributed by atoms with Crippen LogP contribution in [0.2, 0.25) is 0 Å². The number of amides is 1. The van der Waals surface area contributed by atoms with E-state index in [0.717, 1.165) is 11.1 Å². The van der Waals surface area contributed by atoms with Crippen LogP contribution < -0.4 is 9.64 Å². The fourth-order valence-corrected chi connectivity index (χ4v) is 4.00. The van der Waals surface area contributed by atoms with Gasteiger partial charge in [-0.2, -0.15) is 0 Å². The van der Waals surface area contributed by atoms with Gasteiger partial charge in [-0.3, -0.25) is 14.5 Å². The maximum absolute atomic E-state index is 13.2. The second-order valence-electron chi connectivity index (χ2n) is 8.59. The summed E-state index contributed by atoms with van der Waals surface area (Å²) in [5, 5.41) is 11.1. The van der Waals surface area contributed by atoms with E-state index in [0.29, 0.717) is 29.5 Å². The largest absolute Gasteiger partial charge is 0.507 e. The summed E-state index contributed by atoms with van der Waals surface area (Å²) in [4.78, 5) is 27.9. The third-order valence-electron chi connectivity index (χ3n) is 5.67. The van der Waals surface area contributed by atoms with Crippen LogP contribution >= 0.6 is 0 Å². The van der Waals surface area contributed by atoms with Gasteiger partial charge in [0, 0.05) is 11.3 Å².